The van der Waals surface area contributed by atoms with E-state index < -0.39 is 0 Å². The topological polar surface area (TPSA) is 15.8 Å². The van der Waals surface area contributed by atoms with Crippen molar-refractivity contribution in [2.75, 3.05) is 0 Å². The molecule has 2 aromatic rings. The fourth-order valence-corrected chi connectivity index (χ4v) is 3.50. The van der Waals surface area contributed by atoms with Crippen molar-refractivity contribution < 1.29 is 4.39 Å². The van der Waals surface area contributed by atoms with Gasteiger partial charge in [-0.25, -0.2) is 4.39 Å². The zero-order valence-electron chi connectivity index (χ0n) is 11.1. The van der Waals surface area contributed by atoms with Crippen LogP contribution in [-0.4, -0.2) is 4.98 Å². The molecule has 1 fully saturated rings. The van der Waals surface area contributed by atoms with Crippen molar-refractivity contribution in [1.29, 1.82) is 0 Å². The number of fused-ring (bicyclic) bond motifs is 1. The fourth-order valence-electron chi connectivity index (χ4n) is 3.50. The summed E-state index contributed by atoms with van der Waals surface area (Å²) in [6, 6.07) is 5.37. The molecule has 1 aliphatic carbocycles. The fraction of sp³-hybridized carbons (Fsp3) is 0.500. The first-order valence-corrected chi connectivity index (χ1v) is 6.85. The summed E-state index contributed by atoms with van der Waals surface area (Å²) >= 11 is 0. The van der Waals surface area contributed by atoms with Crippen LogP contribution in [0, 0.1) is 11.2 Å². The van der Waals surface area contributed by atoms with E-state index in [1.165, 1.54) is 37.3 Å². The SMILES string of the molecule is CC1(C)CCCCC1c1c[nH]c2c(F)cccc12. The van der Waals surface area contributed by atoms with Crippen LogP contribution in [0.25, 0.3) is 10.9 Å². The summed E-state index contributed by atoms with van der Waals surface area (Å²) < 4.78 is 13.7. The normalized spacial score (nSPS) is 23.4. The van der Waals surface area contributed by atoms with Gasteiger partial charge in [0, 0.05) is 11.6 Å². The summed E-state index contributed by atoms with van der Waals surface area (Å²) in [6.45, 7) is 4.68. The summed E-state index contributed by atoms with van der Waals surface area (Å²) in [6.07, 6.45) is 7.11. The molecule has 1 unspecified atom stereocenters. The molecule has 0 spiro atoms. The number of aromatic nitrogens is 1. The number of aromatic amines is 1. The van der Waals surface area contributed by atoms with Gasteiger partial charge in [-0.15, -0.1) is 0 Å². The molecule has 0 radical (unpaired) electrons. The minimum atomic E-state index is -0.146. The Morgan fingerprint density at radius 1 is 1.28 bits per heavy atom. The first-order chi connectivity index (χ1) is 8.59. The van der Waals surface area contributed by atoms with Crippen molar-refractivity contribution >= 4 is 10.9 Å². The van der Waals surface area contributed by atoms with Crippen LogP contribution in [0.1, 0.15) is 51.0 Å². The Morgan fingerprint density at radius 2 is 2.11 bits per heavy atom. The van der Waals surface area contributed by atoms with Gasteiger partial charge in [-0.1, -0.05) is 38.8 Å². The molecule has 18 heavy (non-hydrogen) atoms. The monoisotopic (exact) mass is 245 g/mol. The zero-order valence-corrected chi connectivity index (χ0v) is 11.1. The number of rotatable bonds is 1. The van der Waals surface area contributed by atoms with Gasteiger partial charge in [0.25, 0.3) is 0 Å². The molecule has 2 heteroatoms. The molecule has 1 aliphatic rings. The Balaban J connectivity index is 2.11. The molecule has 1 saturated carbocycles. The molecule has 96 valence electrons. The summed E-state index contributed by atoms with van der Waals surface area (Å²) in [4.78, 5) is 3.12. The van der Waals surface area contributed by atoms with E-state index in [4.69, 9.17) is 0 Å². The maximum absolute atomic E-state index is 13.7. The van der Waals surface area contributed by atoms with Gasteiger partial charge in [0.2, 0.25) is 0 Å². The minimum Gasteiger partial charge on any atom is -0.359 e. The summed E-state index contributed by atoms with van der Waals surface area (Å²) in [5.41, 5.74) is 2.28. The molecule has 1 aromatic carbocycles. The first kappa shape index (κ1) is 11.8. The highest BCUT2D eigenvalue weighted by atomic mass is 19.1. The van der Waals surface area contributed by atoms with Gasteiger partial charge < -0.3 is 4.98 Å². The lowest BCUT2D eigenvalue weighted by Crippen LogP contribution is -2.25. The standard InChI is InChI=1S/C16H20FN/c1-16(2)9-4-3-7-13(16)12-10-18-15-11(12)6-5-8-14(15)17/h5-6,8,10,13,18H,3-4,7,9H2,1-2H3. The smallest absolute Gasteiger partial charge is 0.147 e. The Kier molecular flexibility index (Phi) is 2.69. The average molecular weight is 245 g/mol. The third-order valence-corrected chi connectivity index (χ3v) is 4.58. The van der Waals surface area contributed by atoms with E-state index in [2.05, 4.69) is 18.8 Å². The zero-order chi connectivity index (χ0) is 12.8. The van der Waals surface area contributed by atoms with E-state index in [0.29, 0.717) is 16.8 Å². The predicted molar refractivity (Wildman–Crippen MR) is 73.2 cm³/mol. The molecule has 1 heterocycles. The van der Waals surface area contributed by atoms with Crippen molar-refractivity contribution in [3.63, 3.8) is 0 Å². The van der Waals surface area contributed by atoms with Crippen molar-refractivity contribution in [1.82, 2.24) is 4.98 Å². The molecule has 3 rings (SSSR count). The van der Waals surface area contributed by atoms with Gasteiger partial charge in [-0.2, -0.15) is 0 Å². The number of benzene rings is 1. The lowest BCUT2D eigenvalue weighted by molar-refractivity contribution is 0.201. The molecular formula is C16H20FN. The van der Waals surface area contributed by atoms with Gasteiger partial charge in [0.15, 0.2) is 0 Å². The highest BCUT2D eigenvalue weighted by Gasteiger charge is 2.34. The van der Waals surface area contributed by atoms with E-state index in [1.54, 1.807) is 0 Å². The van der Waals surface area contributed by atoms with E-state index in [9.17, 15) is 4.39 Å². The molecule has 0 amide bonds. The van der Waals surface area contributed by atoms with Crippen molar-refractivity contribution in [2.24, 2.45) is 5.41 Å². The molecule has 0 aliphatic heterocycles. The van der Waals surface area contributed by atoms with E-state index in [1.807, 2.05) is 18.3 Å². The van der Waals surface area contributed by atoms with Crippen molar-refractivity contribution in [3.05, 3.63) is 35.8 Å². The van der Waals surface area contributed by atoms with Crippen molar-refractivity contribution in [2.45, 2.75) is 45.4 Å². The summed E-state index contributed by atoms with van der Waals surface area (Å²) in [5, 5.41) is 1.06. The quantitative estimate of drug-likeness (QED) is 0.728. The number of hydrogen-bond donors (Lipinski definition) is 1. The second-order valence-corrected chi connectivity index (χ2v) is 6.19. The van der Waals surface area contributed by atoms with Crippen LogP contribution in [0.5, 0.6) is 0 Å². The lowest BCUT2D eigenvalue weighted by Gasteiger charge is -2.38. The maximum atomic E-state index is 13.7. The van der Waals surface area contributed by atoms with E-state index >= 15 is 0 Å². The van der Waals surface area contributed by atoms with Gasteiger partial charge in [-0.05, 0) is 35.8 Å². The number of para-hydroxylation sites is 1. The van der Waals surface area contributed by atoms with Gasteiger partial charge in [0.1, 0.15) is 5.82 Å². The maximum Gasteiger partial charge on any atom is 0.147 e. The molecular weight excluding hydrogens is 225 g/mol. The van der Waals surface area contributed by atoms with Crippen molar-refractivity contribution in [3.8, 4) is 0 Å². The Morgan fingerprint density at radius 3 is 2.89 bits per heavy atom. The summed E-state index contributed by atoms with van der Waals surface area (Å²) in [7, 11) is 0. The first-order valence-electron chi connectivity index (χ1n) is 6.85. The third-order valence-electron chi connectivity index (χ3n) is 4.58. The number of nitrogens with one attached hydrogen (secondary N) is 1. The van der Waals surface area contributed by atoms with Crippen LogP contribution in [0.3, 0.4) is 0 Å². The van der Waals surface area contributed by atoms with Crippen LogP contribution < -0.4 is 0 Å². The van der Waals surface area contributed by atoms with E-state index in [0.717, 1.165) is 5.39 Å². The van der Waals surface area contributed by atoms with Crippen LogP contribution in [0.15, 0.2) is 24.4 Å². The Hall–Kier alpha value is -1.31. The van der Waals surface area contributed by atoms with Gasteiger partial charge in [0.05, 0.1) is 5.52 Å². The molecule has 1 N–H and O–H groups in total. The van der Waals surface area contributed by atoms with Gasteiger partial charge >= 0.3 is 0 Å². The second-order valence-electron chi connectivity index (χ2n) is 6.19. The lowest BCUT2D eigenvalue weighted by atomic mass is 9.66. The van der Waals surface area contributed by atoms with Crippen LogP contribution in [0.2, 0.25) is 0 Å². The van der Waals surface area contributed by atoms with Crippen LogP contribution >= 0.6 is 0 Å². The second kappa shape index (κ2) is 4.11. The van der Waals surface area contributed by atoms with Crippen LogP contribution in [-0.2, 0) is 0 Å². The highest BCUT2D eigenvalue weighted by molar-refractivity contribution is 5.84. The summed E-state index contributed by atoms with van der Waals surface area (Å²) in [5.74, 6) is 0.397. The third kappa shape index (κ3) is 1.75. The highest BCUT2D eigenvalue weighted by Crippen LogP contribution is 2.48. The molecule has 0 saturated heterocycles. The average Bonchev–Trinajstić information content (AvgIpc) is 2.74. The molecule has 1 atom stereocenters. The van der Waals surface area contributed by atoms with Crippen LogP contribution in [0.4, 0.5) is 4.39 Å². The Bertz CT molecular complexity index is 567. The predicted octanol–water partition coefficient (Wildman–Crippen LogP) is 4.99. The molecule has 1 aromatic heterocycles. The Labute approximate surface area is 107 Å². The molecule has 0 bridgehead atoms. The van der Waals surface area contributed by atoms with Gasteiger partial charge in [-0.3, -0.25) is 0 Å². The number of halogens is 1. The van der Waals surface area contributed by atoms with E-state index in [-0.39, 0.29) is 5.82 Å². The minimum absolute atomic E-state index is 0.146. The molecule has 1 nitrogen and oxygen atoms in total. The number of H-pyrrole nitrogens is 1. The largest absolute Gasteiger partial charge is 0.359 e. The number of hydrogen-bond acceptors (Lipinski definition) is 0.